The second-order valence-corrected chi connectivity index (χ2v) is 16.9. The highest BCUT2D eigenvalue weighted by molar-refractivity contribution is 5.37. The van der Waals surface area contributed by atoms with Gasteiger partial charge in [0.25, 0.3) is 0 Å². The fraction of sp³-hybridized carbons (Fsp3) is 0.344. The third-order valence-corrected chi connectivity index (χ3v) is 11.7. The highest BCUT2D eigenvalue weighted by Crippen LogP contribution is 2.15. The quantitative estimate of drug-likeness (QED) is 0.156. The van der Waals surface area contributed by atoms with E-state index in [2.05, 4.69) is 269 Å². The lowest BCUT2D eigenvalue weighted by molar-refractivity contribution is 1.04. The normalized spacial score (nSPS) is 9.62. The van der Waals surface area contributed by atoms with E-state index in [-0.39, 0.29) is 0 Å². The number of rotatable bonds is 6. The lowest BCUT2D eigenvalue weighted by atomic mass is 10.0. The molecule has 0 saturated carbocycles. The number of benzene rings is 7. The van der Waals surface area contributed by atoms with Crippen molar-refractivity contribution in [3.05, 3.63) is 247 Å². The van der Waals surface area contributed by atoms with Crippen LogP contribution in [0.3, 0.4) is 0 Å². The van der Waals surface area contributed by atoms with Crippen LogP contribution >= 0.6 is 0 Å². The van der Waals surface area contributed by atoms with Crippen molar-refractivity contribution in [2.45, 2.75) is 149 Å². The van der Waals surface area contributed by atoms with E-state index in [0.29, 0.717) is 0 Å². The third-order valence-electron chi connectivity index (χ3n) is 11.7. The Labute approximate surface area is 394 Å². The zero-order chi connectivity index (χ0) is 47.9. The molecule has 0 aliphatic rings. The van der Waals surface area contributed by atoms with Gasteiger partial charge in [-0.05, 0) is 175 Å². The molecule has 7 rings (SSSR count). The Hall–Kier alpha value is -5.46. The molecule has 0 heterocycles. The maximum atomic E-state index is 2.28. The Morgan fingerprint density at radius 3 is 0.844 bits per heavy atom. The van der Waals surface area contributed by atoms with Gasteiger partial charge in [0, 0.05) is 0 Å². The Morgan fingerprint density at radius 2 is 0.562 bits per heavy atom. The summed E-state index contributed by atoms with van der Waals surface area (Å²) in [6, 6.07) is 55.9. The summed E-state index contributed by atoms with van der Waals surface area (Å²) in [5.41, 5.74) is 22.4. The molecule has 0 aliphatic carbocycles. The standard InChI is InChI=1S/4C10H14.3C8H10/c1-7-5-6-8(2)10(4)9(7)3;1-3-9-5-7-10(4-2)8-6-9;1-3-9-6-5-7-10(4-2)8-9;1-3-9-7-5-6-8-10(9)4-2;1-7-3-5-8(2)6-4-7;1-7-4-3-5-8(2)6-7;1-7-5-3-4-6-8(7)2/h5-6H,1-4H3;3*5-8H,3-4H2,1-2H3;3*3-6H,1-2H3. The van der Waals surface area contributed by atoms with Gasteiger partial charge >= 0.3 is 0 Å². The minimum atomic E-state index is 1.14. The zero-order valence-corrected chi connectivity index (χ0v) is 43.3. The highest BCUT2D eigenvalue weighted by atomic mass is 14.0. The second-order valence-electron chi connectivity index (χ2n) is 16.9. The molecule has 0 bridgehead atoms. The van der Waals surface area contributed by atoms with Crippen molar-refractivity contribution < 1.29 is 0 Å². The molecule has 0 N–H and O–H groups in total. The Morgan fingerprint density at radius 1 is 0.234 bits per heavy atom. The van der Waals surface area contributed by atoms with Crippen molar-refractivity contribution in [3.63, 3.8) is 0 Å². The van der Waals surface area contributed by atoms with Gasteiger partial charge in [0.1, 0.15) is 0 Å². The smallest absolute Gasteiger partial charge is 0.0305 e. The number of hydrogen-bond donors (Lipinski definition) is 0. The van der Waals surface area contributed by atoms with Gasteiger partial charge in [-0.1, -0.05) is 222 Å². The lowest BCUT2D eigenvalue weighted by Gasteiger charge is -2.06. The van der Waals surface area contributed by atoms with Gasteiger partial charge in [-0.2, -0.15) is 0 Å². The number of hydrogen-bond acceptors (Lipinski definition) is 0. The summed E-state index contributed by atoms with van der Waals surface area (Å²) >= 11 is 0. The molecule has 0 spiro atoms. The monoisotopic (exact) mass is 855 g/mol. The van der Waals surface area contributed by atoms with E-state index < -0.39 is 0 Å². The molecule has 0 fully saturated rings. The largest absolute Gasteiger partial charge is 0.0620 e. The van der Waals surface area contributed by atoms with Crippen LogP contribution in [0.2, 0.25) is 0 Å². The van der Waals surface area contributed by atoms with E-state index in [0.717, 1.165) is 38.5 Å². The Bertz CT molecular complexity index is 2120. The van der Waals surface area contributed by atoms with Crippen LogP contribution in [0.5, 0.6) is 0 Å². The van der Waals surface area contributed by atoms with Crippen molar-refractivity contribution in [1.82, 2.24) is 0 Å². The fourth-order valence-corrected chi connectivity index (χ4v) is 6.53. The van der Waals surface area contributed by atoms with Crippen LogP contribution in [-0.4, -0.2) is 0 Å². The van der Waals surface area contributed by atoms with E-state index in [1.807, 2.05) is 0 Å². The minimum absolute atomic E-state index is 1.14. The molecule has 0 heteroatoms. The highest BCUT2D eigenvalue weighted by Gasteiger charge is 1.98. The summed E-state index contributed by atoms with van der Waals surface area (Å²) in [5.74, 6) is 0. The van der Waals surface area contributed by atoms with Gasteiger partial charge < -0.3 is 0 Å². The Kier molecular flexibility index (Phi) is 29.3. The van der Waals surface area contributed by atoms with Crippen molar-refractivity contribution in [1.29, 1.82) is 0 Å². The molecule has 0 saturated heterocycles. The van der Waals surface area contributed by atoms with E-state index in [1.165, 1.54) is 89.0 Å². The summed E-state index contributed by atoms with van der Waals surface area (Å²) in [5, 5.41) is 0. The average Bonchev–Trinajstić information content (AvgIpc) is 3.32. The predicted octanol–water partition coefficient (Wildman–Crippen LogP) is 18.3. The van der Waals surface area contributed by atoms with Gasteiger partial charge in [-0.15, -0.1) is 0 Å². The molecule has 0 atom stereocenters. The van der Waals surface area contributed by atoms with E-state index >= 15 is 0 Å². The lowest BCUT2D eigenvalue weighted by Crippen LogP contribution is -1.88. The first-order chi connectivity index (χ1) is 30.6. The van der Waals surface area contributed by atoms with Gasteiger partial charge in [0.05, 0.1) is 0 Å². The molecular weight excluding hydrogens is 769 g/mol. The maximum Gasteiger partial charge on any atom is -0.0305 e. The summed E-state index contributed by atoms with van der Waals surface area (Å²) in [6.07, 6.45) is 6.89. The first-order valence-corrected chi connectivity index (χ1v) is 24.0. The molecule has 0 amide bonds. The first kappa shape index (κ1) is 56.6. The van der Waals surface area contributed by atoms with Crippen LogP contribution in [0.25, 0.3) is 0 Å². The fourth-order valence-electron chi connectivity index (χ4n) is 6.53. The molecule has 7 aromatic rings. The van der Waals surface area contributed by atoms with Crippen LogP contribution in [0, 0.1) is 69.2 Å². The second kappa shape index (κ2) is 33.1. The van der Waals surface area contributed by atoms with Gasteiger partial charge in [-0.25, -0.2) is 0 Å². The van der Waals surface area contributed by atoms with E-state index in [1.54, 1.807) is 0 Å². The molecule has 7 aromatic carbocycles. The van der Waals surface area contributed by atoms with Crippen molar-refractivity contribution >= 4 is 0 Å². The van der Waals surface area contributed by atoms with Gasteiger partial charge in [0.2, 0.25) is 0 Å². The molecule has 0 radical (unpaired) electrons. The number of aryl methyl sites for hydroxylation is 14. The van der Waals surface area contributed by atoms with Crippen LogP contribution in [0.15, 0.2) is 158 Å². The van der Waals surface area contributed by atoms with E-state index in [4.69, 9.17) is 0 Å². The maximum absolute atomic E-state index is 2.28. The van der Waals surface area contributed by atoms with Crippen LogP contribution in [0.1, 0.15) is 131 Å². The zero-order valence-electron chi connectivity index (χ0n) is 43.3. The average molecular weight is 855 g/mol. The van der Waals surface area contributed by atoms with Crippen LogP contribution < -0.4 is 0 Å². The molecule has 0 aliphatic heterocycles. The Balaban J connectivity index is 0.000000374. The van der Waals surface area contributed by atoms with Crippen LogP contribution in [-0.2, 0) is 38.5 Å². The molecule has 64 heavy (non-hydrogen) atoms. The summed E-state index contributed by atoms with van der Waals surface area (Å²) < 4.78 is 0. The van der Waals surface area contributed by atoms with Gasteiger partial charge in [0.15, 0.2) is 0 Å². The van der Waals surface area contributed by atoms with E-state index in [9.17, 15) is 0 Å². The summed E-state index contributed by atoms with van der Waals surface area (Å²) in [6.45, 7) is 34.5. The molecule has 0 aromatic heterocycles. The third kappa shape index (κ3) is 23.8. The van der Waals surface area contributed by atoms with Gasteiger partial charge in [-0.3, -0.25) is 0 Å². The minimum Gasteiger partial charge on any atom is -0.0620 e. The topological polar surface area (TPSA) is 0 Å². The van der Waals surface area contributed by atoms with Crippen molar-refractivity contribution in [2.24, 2.45) is 0 Å². The molecule has 0 nitrogen and oxygen atoms in total. The van der Waals surface area contributed by atoms with Crippen molar-refractivity contribution in [3.8, 4) is 0 Å². The first-order valence-electron chi connectivity index (χ1n) is 24.0. The summed E-state index contributed by atoms with van der Waals surface area (Å²) in [4.78, 5) is 0. The SMILES string of the molecule is CCc1ccc(CC)cc1.CCc1cccc(CC)c1.CCc1ccccc1CC.Cc1ccc(C)c(C)c1C.Cc1ccc(C)cc1.Cc1cccc(C)c1.Cc1ccccc1C. The van der Waals surface area contributed by atoms with Crippen LogP contribution in [0.4, 0.5) is 0 Å². The molecule has 342 valence electrons. The predicted molar refractivity (Wildman–Crippen MR) is 289 cm³/mol. The van der Waals surface area contributed by atoms with Crippen molar-refractivity contribution in [2.75, 3.05) is 0 Å². The molecule has 0 unspecified atom stereocenters. The molecular formula is C64H86. The summed E-state index contributed by atoms with van der Waals surface area (Å²) in [7, 11) is 0.